The van der Waals surface area contributed by atoms with Crippen LogP contribution in [0.2, 0.25) is 0 Å². The lowest BCUT2D eigenvalue weighted by Gasteiger charge is -2.32. The molecule has 166 valence electrons. The number of hydrogen-bond acceptors (Lipinski definition) is 5. The summed E-state index contributed by atoms with van der Waals surface area (Å²) in [4.78, 5) is 31.5. The number of carbonyl (C=O) groups is 2. The van der Waals surface area contributed by atoms with E-state index < -0.39 is 0 Å². The van der Waals surface area contributed by atoms with Crippen molar-refractivity contribution in [1.29, 1.82) is 0 Å². The number of rotatable bonds is 5. The highest BCUT2D eigenvalue weighted by atomic mass is 16.5. The molecule has 1 saturated heterocycles. The van der Waals surface area contributed by atoms with Crippen LogP contribution in [0.3, 0.4) is 0 Å². The van der Waals surface area contributed by atoms with Crippen molar-refractivity contribution < 1.29 is 19.1 Å². The Bertz CT molecular complexity index is 930. The van der Waals surface area contributed by atoms with E-state index >= 15 is 0 Å². The number of nitrogens with zero attached hydrogens (tertiary/aromatic N) is 3. The first-order chi connectivity index (χ1) is 15.0. The average Bonchev–Trinajstić information content (AvgIpc) is 3.21. The van der Waals surface area contributed by atoms with E-state index in [0.29, 0.717) is 44.8 Å². The van der Waals surface area contributed by atoms with Crippen LogP contribution in [0.4, 0.5) is 0 Å². The van der Waals surface area contributed by atoms with Gasteiger partial charge in [0, 0.05) is 25.0 Å². The number of methoxy groups -OCH3 is 1. The molecule has 1 N–H and O–H groups in total. The van der Waals surface area contributed by atoms with Gasteiger partial charge in [-0.25, -0.2) is 4.98 Å². The minimum atomic E-state index is -0.0919. The Labute approximate surface area is 182 Å². The molecule has 1 fully saturated rings. The third kappa shape index (κ3) is 4.58. The Morgan fingerprint density at radius 3 is 2.55 bits per heavy atom. The van der Waals surface area contributed by atoms with Crippen LogP contribution in [0.1, 0.15) is 54.5 Å². The normalized spacial score (nSPS) is 19.2. The van der Waals surface area contributed by atoms with Crippen molar-refractivity contribution >= 4 is 11.8 Å². The van der Waals surface area contributed by atoms with Gasteiger partial charge >= 0.3 is 0 Å². The number of carbonyl (C=O) groups excluding carboxylic acids is 2. The van der Waals surface area contributed by atoms with Crippen LogP contribution in [0.25, 0.3) is 0 Å². The number of piperidine rings is 1. The number of fused-ring (bicyclic) bond motifs is 1. The molecule has 2 amide bonds. The first-order valence-electron chi connectivity index (χ1n) is 10.9. The van der Waals surface area contributed by atoms with Crippen LogP contribution in [-0.4, -0.2) is 52.5 Å². The molecular weight excluding hydrogens is 396 g/mol. The number of ether oxygens (including phenoxy) is 2. The average molecular weight is 427 g/mol. The van der Waals surface area contributed by atoms with Gasteiger partial charge in [-0.1, -0.05) is 12.1 Å². The molecule has 8 heteroatoms. The summed E-state index contributed by atoms with van der Waals surface area (Å²) < 4.78 is 13.3. The summed E-state index contributed by atoms with van der Waals surface area (Å²) in [5, 5.41) is 2.97. The van der Waals surface area contributed by atoms with Gasteiger partial charge in [-0.15, -0.1) is 0 Å². The minimum absolute atomic E-state index is 0.0315. The second-order valence-electron chi connectivity index (χ2n) is 8.49. The molecule has 0 spiro atoms. The molecule has 0 bridgehead atoms. The van der Waals surface area contributed by atoms with E-state index in [1.807, 2.05) is 42.7 Å². The van der Waals surface area contributed by atoms with Crippen molar-refractivity contribution in [1.82, 2.24) is 19.8 Å². The lowest BCUT2D eigenvalue weighted by Crippen LogP contribution is -2.44. The summed E-state index contributed by atoms with van der Waals surface area (Å²) in [5.41, 5.74) is 2.34. The van der Waals surface area contributed by atoms with Crippen LogP contribution < -0.4 is 10.1 Å². The molecule has 3 heterocycles. The molecule has 0 unspecified atom stereocenters. The molecule has 8 nitrogen and oxygen atoms in total. The minimum Gasteiger partial charge on any atom is -0.497 e. The molecule has 31 heavy (non-hydrogen) atoms. The zero-order valence-corrected chi connectivity index (χ0v) is 18.3. The Morgan fingerprint density at radius 2 is 1.90 bits per heavy atom. The third-order valence-electron chi connectivity index (χ3n) is 6.00. The van der Waals surface area contributed by atoms with Crippen LogP contribution in [0.5, 0.6) is 5.75 Å². The molecule has 0 saturated carbocycles. The molecule has 4 rings (SSSR count). The predicted octanol–water partition coefficient (Wildman–Crippen LogP) is 2.54. The number of amides is 2. The number of aromatic nitrogens is 2. The van der Waals surface area contributed by atoms with Gasteiger partial charge in [0.2, 0.25) is 5.91 Å². The first kappa shape index (κ1) is 21.4. The van der Waals surface area contributed by atoms with E-state index in [1.165, 1.54) is 0 Å². The van der Waals surface area contributed by atoms with Gasteiger partial charge in [0.1, 0.15) is 11.9 Å². The first-order valence-corrected chi connectivity index (χ1v) is 10.9. The Kier molecular flexibility index (Phi) is 6.27. The van der Waals surface area contributed by atoms with Crippen molar-refractivity contribution in [2.24, 2.45) is 5.92 Å². The van der Waals surface area contributed by atoms with Crippen LogP contribution in [0.15, 0.2) is 30.6 Å². The lowest BCUT2D eigenvalue weighted by molar-refractivity contribution is -0.126. The number of hydrogen-bond donors (Lipinski definition) is 1. The number of nitrogens with one attached hydrogen (secondary N) is 1. The fraction of sp³-hybridized carbons (Fsp3) is 0.522. The zero-order valence-electron chi connectivity index (χ0n) is 18.3. The van der Waals surface area contributed by atoms with Gasteiger partial charge in [-0.05, 0) is 44.4 Å². The monoisotopic (exact) mass is 426 g/mol. The largest absolute Gasteiger partial charge is 0.497 e. The smallest absolute Gasteiger partial charge is 0.274 e. The second-order valence-corrected chi connectivity index (χ2v) is 8.49. The van der Waals surface area contributed by atoms with Crippen molar-refractivity contribution in [2.45, 2.75) is 52.0 Å². The summed E-state index contributed by atoms with van der Waals surface area (Å²) >= 11 is 0. The van der Waals surface area contributed by atoms with Crippen molar-refractivity contribution in [3.63, 3.8) is 0 Å². The van der Waals surface area contributed by atoms with Gasteiger partial charge in [-0.2, -0.15) is 0 Å². The molecule has 2 aliphatic heterocycles. The standard InChI is InChI=1S/C23H30N4O4/c1-15(2)25-22(28)17-8-10-26(11-9-17)23(29)21-19-13-31-20(12-27(19)14-24-21)16-4-6-18(30-3)7-5-16/h4-7,14-15,17,20H,8-13H2,1-3H3,(H,25,28)/t20-/m0/s1. The topological polar surface area (TPSA) is 85.7 Å². The van der Waals surface area contributed by atoms with Crippen molar-refractivity contribution in [3.8, 4) is 5.75 Å². The summed E-state index contributed by atoms with van der Waals surface area (Å²) in [6, 6.07) is 7.96. The van der Waals surface area contributed by atoms with E-state index in [2.05, 4.69) is 10.3 Å². The maximum Gasteiger partial charge on any atom is 0.274 e. The van der Waals surface area contributed by atoms with Crippen molar-refractivity contribution in [2.75, 3.05) is 20.2 Å². The van der Waals surface area contributed by atoms with Gasteiger partial charge in [0.25, 0.3) is 5.91 Å². The van der Waals surface area contributed by atoms with E-state index in [0.717, 1.165) is 17.0 Å². The molecule has 0 aliphatic carbocycles. The highest BCUT2D eigenvalue weighted by Gasteiger charge is 2.32. The number of benzene rings is 1. The molecule has 0 radical (unpaired) electrons. The highest BCUT2D eigenvalue weighted by Crippen LogP contribution is 2.29. The number of imidazole rings is 1. The molecule has 1 aromatic heterocycles. The van der Waals surface area contributed by atoms with E-state index in [4.69, 9.17) is 9.47 Å². The van der Waals surface area contributed by atoms with Gasteiger partial charge in [-0.3, -0.25) is 9.59 Å². The maximum absolute atomic E-state index is 13.1. The van der Waals surface area contributed by atoms with E-state index in [1.54, 1.807) is 18.3 Å². The Balaban J connectivity index is 1.38. The summed E-state index contributed by atoms with van der Waals surface area (Å²) in [7, 11) is 1.64. The molecule has 1 atom stereocenters. The maximum atomic E-state index is 13.1. The summed E-state index contributed by atoms with van der Waals surface area (Å²) in [6.45, 7) is 6.00. The van der Waals surface area contributed by atoms with E-state index in [9.17, 15) is 9.59 Å². The van der Waals surface area contributed by atoms with Crippen molar-refractivity contribution in [3.05, 3.63) is 47.5 Å². The van der Waals surface area contributed by atoms with Crippen LogP contribution in [-0.2, 0) is 22.7 Å². The third-order valence-corrected chi connectivity index (χ3v) is 6.00. The quantitative estimate of drug-likeness (QED) is 0.794. The van der Waals surface area contributed by atoms with Gasteiger partial charge in [0.15, 0.2) is 5.69 Å². The summed E-state index contributed by atoms with van der Waals surface area (Å²) in [5.74, 6) is 0.777. The Morgan fingerprint density at radius 1 is 1.19 bits per heavy atom. The summed E-state index contributed by atoms with van der Waals surface area (Å²) in [6.07, 6.45) is 2.99. The SMILES string of the molecule is COc1ccc([C@@H]2Cn3cnc(C(=O)N4CCC(C(=O)NC(C)C)CC4)c3CO2)cc1. The highest BCUT2D eigenvalue weighted by molar-refractivity contribution is 5.93. The predicted molar refractivity (Wildman–Crippen MR) is 115 cm³/mol. The van der Waals surface area contributed by atoms with Gasteiger partial charge in [0.05, 0.1) is 32.3 Å². The number of likely N-dealkylation sites (tertiary alicyclic amines) is 1. The Hall–Kier alpha value is -2.87. The molecule has 1 aromatic carbocycles. The van der Waals surface area contributed by atoms with Crippen LogP contribution in [0, 0.1) is 5.92 Å². The fourth-order valence-corrected chi connectivity index (χ4v) is 4.22. The second kappa shape index (κ2) is 9.09. The fourth-order valence-electron chi connectivity index (χ4n) is 4.22. The van der Waals surface area contributed by atoms with Crippen LogP contribution >= 0.6 is 0 Å². The molecular formula is C23H30N4O4. The lowest BCUT2D eigenvalue weighted by atomic mass is 9.95. The zero-order chi connectivity index (χ0) is 22.0. The molecule has 2 aromatic rings. The molecule has 2 aliphatic rings. The van der Waals surface area contributed by atoms with E-state index in [-0.39, 0.29) is 29.9 Å². The van der Waals surface area contributed by atoms with Gasteiger partial charge < -0.3 is 24.3 Å².